The Bertz CT molecular complexity index is 316. The Hall–Kier alpha value is -0.650. The van der Waals surface area contributed by atoms with Gasteiger partial charge in [-0.05, 0) is 19.9 Å². The maximum atomic E-state index is 12.6. The molecule has 0 aromatic rings. The molecular formula is C15H29N3O2. The summed E-state index contributed by atoms with van der Waals surface area (Å²) in [6, 6.07) is 0.816. The molecule has 116 valence electrons. The standard InChI is InChI=1S/C15H29N3O2/c1-4-12(3)17-6-8-18(9-7-17)15(19)13-10-20-11-14(13)16-5-2/h12-14,16H,4-11H2,1-3H3. The number of piperazine rings is 1. The van der Waals surface area contributed by atoms with Crippen molar-refractivity contribution in [1.29, 1.82) is 0 Å². The molecule has 1 N–H and O–H groups in total. The summed E-state index contributed by atoms with van der Waals surface area (Å²) in [5, 5.41) is 3.37. The second-order valence-electron chi connectivity index (χ2n) is 5.93. The van der Waals surface area contributed by atoms with Crippen molar-refractivity contribution in [2.24, 2.45) is 5.92 Å². The number of ether oxygens (including phenoxy) is 1. The lowest BCUT2D eigenvalue weighted by Gasteiger charge is -2.39. The van der Waals surface area contributed by atoms with Gasteiger partial charge in [0.1, 0.15) is 0 Å². The highest BCUT2D eigenvalue weighted by molar-refractivity contribution is 5.80. The average Bonchev–Trinajstić information content (AvgIpc) is 2.94. The Kier molecular flexibility index (Phi) is 5.81. The molecule has 2 saturated heterocycles. The van der Waals surface area contributed by atoms with Gasteiger partial charge >= 0.3 is 0 Å². The molecule has 0 radical (unpaired) electrons. The van der Waals surface area contributed by atoms with Crippen LogP contribution < -0.4 is 5.32 Å². The first-order valence-electron chi connectivity index (χ1n) is 8.01. The number of rotatable bonds is 5. The highest BCUT2D eigenvalue weighted by Crippen LogP contribution is 2.18. The van der Waals surface area contributed by atoms with Crippen LogP contribution in [0.4, 0.5) is 0 Å². The third-order valence-electron chi connectivity index (χ3n) is 4.70. The topological polar surface area (TPSA) is 44.8 Å². The van der Waals surface area contributed by atoms with Crippen molar-refractivity contribution in [2.75, 3.05) is 45.9 Å². The summed E-state index contributed by atoms with van der Waals surface area (Å²) < 4.78 is 5.49. The summed E-state index contributed by atoms with van der Waals surface area (Å²) in [4.78, 5) is 17.1. The van der Waals surface area contributed by atoms with Gasteiger partial charge in [0.15, 0.2) is 0 Å². The first-order valence-corrected chi connectivity index (χ1v) is 8.01. The molecule has 3 unspecified atom stereocenters. The van der Waals surface area contributed by atoms with Crippen molar-refractivity contribution in [1.82, 2.24) is 15.1 Å². The molecule has 3 atom stereocenters. The lowest BCUT2D eigenvalue weighted by atomic mass is 10.0. The second kappa shape index (κ2) is 7.38. The van der Waals surface area contributed by atoms with Gasteiger partial charge in [0.25, 0.3) is 0 Å². The van der Waals surface area contributed by atoms with Gasteiger partial charge in [-0.25, -0.2) is 0 Å². The Morgan fingerprint density at radius 1 is 1.25 bits per heavy atom. The predicted octanol–water partition coefficient (Wildman–Crippen LogP) is 0.554. The van der Waals surface area contributed by atoms with Crippen LogP contribution in [0.5, 0.6) is 0 Å². The first-order chi connectivity index (χ1) is 9.67. The van der Waals surface area contributed by atoms with E-state index in [4.69, 9.17) is 4.74 Å². The van der Waals surface area contributed by atoms with Gasteiger partial charge in [0.05, 0.1) is 19.1 Å². The monoisotopic (exact) mass is 283 g/mol. The zero-order valence-electron chi connectivity index (χ0n) is 13.1. The number of amides is 1. The maximum absolute atomic E-state index is 12.6. The molecule has 20 heavy (non-hydrogen) atoms. The van der Waals surface area contributed by atoms with E-state index in [1.807, 2.05) is 4.90 Å². The van der Waals surface area contributed by atoms with Gasteiger partial charge in [-0.1, -0.05) is 13.8 Å². The molecule has 0 aliphatic carbocycles. The van der Waals surface area contributed by atoms with Crippen molar-refractivity contribution in [3.8, 4) is 0 Å². The minimum Gasteiger partial charge on any atom is -0.379 e. The lowest BCUT2D eigenvalue weighted by Crippen LogP contribution is -2.54. The highest BCUT2D eigenvalue weighted by atomic mass is 16.5. The van der Waals surface area contributed by atoms with Crippen molar-refractivity contribution < 1.29 is 9.53 Å². The Morgan fingerprint density at radius 3 is 2.55 bits per heavy atom. The summed E-state index contributed by atoms with van der Waals surface area (Å²) in [7, 11) is 0. The third-order valence-corrected chi connectivity index (χ3v) is 4.70. The van der Waals surface area contributed by atoms with Gasteiger partial charge in [-0.3, -0.25) is 9.69 Å². The second-order valence-corrected chi connectivity index (χ2v) is 5.93. The predicted molar refractivity (Wildman–Crippen MR) is 79.7 cm³/mol. The molecule has 0 saturated carbocycles. The van der Waals surface area contributed by atoms with Gasteiger partial charge in [0, 0.05) is 38.3 Å². The number of carbonyl (C=O) groups is 1. The number of hydrogen-bond donors (Lipinski definition) is 1. The number of nitrogens with one attached hydrogen (secondary N) is 1. The molecule has 2 fully saturated rings. The maximum Gasteiger partial charge on any atom is 0.229 e. The van der Waals surface area contributed by atoms with E-state index >= 15 is 0 Å². The summed E-state index contributed by atoms with van der Waals surface area (Å²) in [5.41, 5.74) is 0. The molecule has 2 aliphatic rings. The largest absolute Gasteiger partial charge is 0.379 e. The number of carbonyl (C=O) groups excluding carboxylic acids is 1. The SMILES string of the molecule is CCNC1COCC1C(=O)N1CCN(C(C)CC)CC1. The van der Waals surface area contributed by atoms with Crippen molar-refractivity contribution in [3.63, 3.8) is 0 Å². The van der Waals surface area contributed by atoms with E-state index < -0.39 is 0 Å². The molecule has 0 bridgehead atoms. The molecule has 5 heteroatoms. The van der Waals surface area contributed by atoms with Crippen LogP contribution >= 0.6 is 0 Å². The fraction of sp³-hybridized carbons (Fsp3) is 0.933. The quantitative estimate of drug-likeness (QED) is 0.800. The van der Waals surface area contributed by atoms with Crippen LogP contribution in [0, 0.1) is 5.92 Å². The zero-order chi connectivity index (χ0) is 14.5. The van der Waals surface area contributed by atoms with Crippen molar-refractivity contribution >= 4 is 5.91 Å². The molecule has 5 nitrogen and oxygen atoms in total. The summed E-state index contributed by atoms with van der Waals surface area (Å²) in [6.45, 7) is 12.4. The van der Waals surface area contributed by atoms with Crippen LogP contribution in [0.2, 0.25) is 0 Å². The average molecular weight is 283 g/mol. The number of nitrogens with zero attached hydrogens (tertiary/aromatic N) is 2. The Balaban J connectivity index is 1.85. The van der Waals surface area contributed by atoms with E-state index in [1.165, 1.54) is 6.42 Å². The first kappa shape index (κ1) is 15.7. The van der Waals surface area contributed by atoms with E-state index in [0.717, 1.165) is 32.7 Å². The van der Waals surface area contributed by atoms with Crippen LogP contribution in [0.25, 0.3) is 0 Å². The van der Waals surface area contributed by atoms with Crippen LogP contribution in [0.15, 0.2) is 0 Å². The van der Waals surface area contributed by atoms with E-state index in [0.29, 0.717) is 19.3 Å². The number of hydrogen-bond acceptors (Lipinski definition) is 4. The van der Waals surface area contributed by atoms with Crippen LogP contribution in [0.3, 0.4) is 0 Å². The van der Waals surface area contributed by atoms with E-state index in [2.05, 4.69) is 31.0 Å². The molecule has 2 heterocycles. The van der Waals surface area contributed by atoms with Crippen LogP contribution in [-0.2, 0) is 9.53 Å². The molecule has 0 spiro atoms. The normalized spacial score (nSPS) is 29.6. The molecule has 0 aromatic carbocycles. The van der Waals surface area contributed by atoms with E-state index in [9.17, 15) is 4.79 Å². The van der Waals surface area contributed by atoms with Gasteiger partial charge < -0.3 is 15.0 Å². The third kappa shape index (κ3) is 3.51. The summed E-state index contributed by atoms with van der Waals surface area (Å²) in [5.74, 6) is 0.280. The zero-order valence-corrected chi connectivity index (χ0v) is 13.1. The molecule has 1 amide bonds. The molecule has 2 rings (SSSR count). The van der Waals surface area contributed by atoms with Gasteiger partial charge in [-0.2, -0.15) is 0 Å². The van der Waals surface area contributed by atoms with Crippen molar-refractivity contribution in [2.45, 2.75) is 39.3 Å². The summed E-state index contributed by atoms with van der Waals surface area (Å²) in [6.07, 6.45) is 1.17. The Morgan fingerprint density at radius 2 is 1.95 bits per heavy atom. The molecular weight excluding hydrogens is 254 g/mol. The highest BCUT2D eigenvalue weighted by Gasteiger charge is 2.37. The fourth-order valence-corrected chi connectivity index (χ4v) is 3.14. The van der Waals surface area contributed by atoms with E-state index in [-0.39, 0.29) is 17.9 Å². The molecule has 2 aliphatic heterocycles. The summed E-state index contributed by atoms with van der Waals surface area (Å²) >= 11 is 0. The lowest BCUT2D eigenvalue weighted by molar-refractivity contribution is -0.138. The van der Waals surface area contributed by atoms with Crippen LogP contribution in [0.1, 0.15) is 27.2 Å². The van der Waals surface area contributed by atoms with Gasteiger partial charge in [-0.15, -0.1) is 0 Å². The smallest absolute Gasteiger partial charge is 0.229 e. The van der Waals surface area contributed by atoms with Gasteiger partial charge in [0.2, 0.25) is 5.91 Å². The number of likely N-dealkylation sites (N-methyl/N-ethyl adjacent to an activating group) is 1. The minimum absolute atomic E-state index is 0.00472. The van der Waals surface area contributed by atoms with Crippen molar-refractivity contribution in [3.05, 3.63) is 0 Å². The van der Waals surface area contributed by atoms with Crippen LogP contribution in [-0.4, -0.2) is 73.7 Å². The minimum atomic E-state index is 0.00472. The molecule has 0 aromatic heterocycles. The fourth-order valence-electron chi connectivity index (χ4n) is 3.14. The van der Waals surface area contributed by atoms with E-state index in [1.54, 1.807) is 0 Å². The Labute approximate surface area is 122 Å².